The fourth-order valence-corrected chi connectivity index (χ4v) is 5.21. The lowest BCUT2D eigenvalue weighted by Crippen LogP contribution is -2.48. The van der Waals surface area contributed by atoms with Crippen LogP contribution in [0.25, 0.3) is 10.4 Å². The molecule has 0 aromatic carbocycles. The summed E-state index contributed by atoms with van der Waals surface area (Å²) in [5, 5.41) is 3.52. The number of ether oxygens (including phenoxy) is 1. The zero-order valence-electron chi connectivity index (χ0n) is 13.8. The molecular formula is C12H16FN6O5PS. The maximum Gasteiger partial charge on any atom is 0.351 e. The number of nitrogen functional groups attached to an aromatic ring is 1. The molecule has 3 heterocycles. The molecule has 2 aliphatic rings. The van der Waals surface area contributed by atoms with Crippen molar-refractivity contribution in [3.63, 3.8) is 0 Å². The number of nitrogens with zero attached hydrogens (tertiary/aromatic N) is 5. The summed E-state index contributed by atoms with van der Waals surface area (Å²) in [6.45, 7) is -0.212. The first-order chi connectivity index (χ1) is 12.2. The number of rotatable bonds is 4. The highest BCUT2D eigenvalue weighted by Crippen LogP contribution is 2.61. The van der Waals surface area contributed by atoms with Crippen LogP contribution in [0.2, 0.25) is 0 Å². The standard InChI is InChI=1S/C12H16FN6O5PS/c1-6(2)23-25(26)21-5-12(17-18-15)9(24-25)8(13)10(22-12)19-4-3-7(14)16-11(19)20/h3-4,6,8-10H,5H2,1-2H3,(H2,14,16,20)/t8-,9+,10-,12?,25?/m1/s1. The van der Waals surface area contributed by atoms with Crippen molar-refractivity contribution in [2.75, 3.05) is 12.3 Å². The lowest BCUT2D eigenvalue weighted by molar-refractivity contribution is -0.138. The highest BCUT2D eigenvalue weighted by molar-refractivity contribution is 8.07. The zero-order chi connectivity index (χ0) is 19.1. The van der Waals surface area contributed by atoms with Crippen molar-refractivity contribution in [2.45, 2.75) is 44.2 Å². The Kier molecular flexibility index (Phi) is 5.06. The predicted octanol–water partition coefficient (Wildman–Crippen LogP) is 1.76. The van der Waals surface area contributed by atoms with E-state index < -0.39 is 36.6 Å². The number of anilines is 1. The summed E-state index contributed by atoms with van der Waals surface area (Å²) < 4.78 is 38.0. The number of halogens is 1. The first-order valence-electron chi connectivity index (χ1n) is 7.54. The van der Waals surface area contributed by atoms with Crippen LogP contribution in [0.15, 0.2) is 22.2 Å². The Bertz CT molecular complexity index is 863. The van der Waals surface area contributed by atoms with Gasteiger partial charge in [0.1, 0.15) is 11.9 Å². The van der Waals surface area contributed by atoms with Gasteiger partial charge in [-0.2, -0.15) is 4.98 Å². The lowest BCUT2D eigenvalue weighted by atomic mass is 10.1. The molecule has 3 rings (SSSR count). The van der Waals surface area contributed by atoms with Gasteiger partial charge in [0.25, 0.3) is 0 Å². The third kappa shape index (κ3) is 3.35. The van der Waals surface area contributed by atoms with E-state index in [-0.39, 0.29) is 18.5 Å². The number of hydrogen-bond acceptors (Lipinski definition) is 9. The van der Waals surface area contributed by atoms with E-state index in [9.17, 15) is 4.79 Å². The van der Waals surface area contributed by atoms with E-state index in [4.69, 9.17) is 41.4 Å². The summed E-state index contributed by atoms with van der Waals surface area (Å²) in [6.07, 6.45) is -3.87. The van der Waals surface area contributed by atoms with Gasteiger partial charge in [0.15, 0.2) is 12.4 Å². The molecule has 0 radical (unpaired) electrons. The largest absolute Gasteiger partial charge is 0.383 e. The fraction of sp³-hybridized carbons (Fsp3) is 0.667. The molecule has 2 unspecified atom stereocenters. The van der Waals surface area contributed by atoms with Crippen LogP contribution >= 0.6 is 6.72 Å². The first kappa shape index (κ1) is 19.2. The van der Waals surface area contributed by atoms with Gasteiger partial charge in [-0.1, -0.05) is 5.11 Å². The van der Waals surface area contributed by atoms with Crippen molar-refractivity contribution in [3.8, 4) is 0 Å². The monoisotopic (exact) mass is 406 g/mol. The minimum atomic E-state index is -3.27. The average molecular weight is 406 g/mol. The Balaban J connectivity index is 1.98. The molecule has 0 saturated carbocycles. The molecule has 2 aliphatic heterocycles. The quantitative estimate of drug-likeness (QED) is 0.344. The van der Waals surface area contributed by atoms with Crippen LogP contribution in [-0.2, 0) is 30.1 Å². The second kappa shape index (κ2) is 6.86. The van der Waals surface area contributed by atoms with Crippen LogP contribution in [0.1, 0.15) is 20.1 Å². The summed E-state index contributed by atoms with van der Waals surface area (Å²) in [6, 6.07) is 1.31. The second-order valence-electron chi connectivity index (χ2n) is 5.93. The van der Waals surface area contributed by atoms with Gasteiger partial charge in [0.05, 0.1) is 12.7 Å². The van der Waals surface area contributed by atoms with E-state index in [2.05, 4.69) is 15.0 Å². The van der Waals surface area contributed by atoms with E-state index >= 15 is 4.39 Å². The number of aromatic nitrogens is 2. The number of hydrogen-bond donors (Lipinski definition) is 1. The number of fused-ring (bicyclic) bond motifs is 1. The maximum absolute atomic E-state index is 15.1. The van der Waals surface area contributed by atoms with Crippen LogP contribution in [0, 0.1) is 0 Å². The van der Waals surface area contributed by atoms with Crippen LogP contribution in [-0.4, -0.2) is 40.3 Å². The Labute approximate surface area is 152 Å². The molecule has 0 bridgehead atoms. The highest BCUT2D eigenvalue weighted by Gasteiger charge is 2.62. The summed E-state index contributed by atoms with van der Waals surface area (Å²) in [5.41, 5.74) is 11.6. The SMILES string of the molecule is CC(C)OP1(=S)OCC2(N=[N+]=[N-])O[C@@H](n3ccc(N)nc3=O)[C@H](F)[C@@H]2O1. The fourth-order valence-electron chi connectivity index (χ4n) is 2.67. The Morgan fingerprint density at radius 2 is 2.42 bits per heavy atom. The third-order valence-corrected chi connectivity index (χ3v) is 6.13. The van der Waals surface area contributed by atoms with Crippen LogP contribution < -0.4 is 11.4 Å². The van der Waals surface area contributed by atoms with Crippen LogP contribution in [0.5, 0.6) is 0 Å². The second-order valence-corrected chi connectivity index (χ2v) is 8.85. The van der Waals surface area contributed by atoms with E-state index in [0.29, 0.717) is 0 Å². The Hall–Kier alpha value is -1.59. The molecule has 2 fully saturated rings. The van der Waals surface area contributed by atoms with Crippen molar-refractivity contribution in [3.05, 3.63) is 33.2 Å². The minimum Gasteiger partial charge on any atom is -0.383 e. The summed E-state index contributed by atoms with van der Waals surface area (Å²) in [4.78, 5) is 18.2. The molecule has 11 nitrogen and oxygen atoms in total. The smallest absolute Gasteiger partial charge is 0.351 e. The number of nitrogens with two attached hydrogens (primary N) is 1. The highest BCUT2D eigenvalue weighted by atomic mass is 32.5. The first-order valence-corrected chi connectivity index (χ1v) is 10.1. The van der Waals surface area contributed by atoms with Crippen LogP contribution in [0.4, 0.5) is 10.2 Å². The van der Waals surface area contributed by atoms with Crippen molar-refractivity contribution in [1.82, 2.24) is 9.55 Å². The molecule has 142 valence electrons. The topological polar surface area (TPSA) is 147 Å². The molecule has 14 heteroatoms. The molecule has 1 aromatic heterocycles. The summed E-state index contributed by atoms with van der Waals surface area (Å²) >= 11 is 5.23. The van der Waals surface area contributed by atoms with Gasteiger partial charge in [-0.25, -0.2) is 9.18 Å². The molecule has 26 heavy (non-hydrogen) atoms. The summed E-state index contributed by atoms with van der Waals surface area (Å²) in [5.74, 6) is -0.0257. The van der Waals surface area contributed by atoms with Gasteiger partial charge in [-0.3, -0.25) is 9.09 Å². The Morgan fingerprint density at radius 1 is 1.69 bits per heavy atom. The van der Waals surface area contributed by atoms with E-state index in [1.807, 2.05) is 0 Å². The normalized spacial score (nSPS) is 36.5. The van der Waals surface area contributed by atoms with E-state index in [1.165, 1.54) is 12.3 Å². The van der Waals surface area contributed by atoms with Gasteiger partial charge < -0.3 is 19.5 Å². The van der Waals surface area contributed by atoms with Gasteiger partial charge in [0, 0.05) is 11.1 Å². The molecule has 5 atom stereocenters. The Morgan fingerprint density at radius 3 is 3.04 bits per heavy atom. The third-order valence-electron chi connectivity index (χ3n) is 3.68. The van der Waals surface area contributed by atoms with Gasteiger partial charge in [-0.15, -0.1) is 0 Å². The predicted molar refractivity (Wildman–Crippen MR) is 91.1 cm³/mol. The zero-order valence-corrected chi connectivity index (χ0v) is 15.5. The molecule has 0 spiro atoms. The minimum absolute atomic E-state index is 0.0257. The molecule has 2 N–H and O–H groups in total. The van der Waals surface area contributed by atoms with Crippen molar-refractivity contribution >= 4 is 24.3 Å². The van der Waals surface area contributed by atoms with Crippen molar-refractivity contribution < 1.29 is 22.7 Å². The van der Waals surface area contributed by atoms with Gasteiger partial charge >= 0.3 is 12.4 Å². The van der Waals surface area contributed by atoms with Gasteiger partial charge in [0.2, 0.25) is 5.72 Å². The van der Waals surface area contributed by atoms with Crippen LogP contribution in [0.3, 0.4) is 0 Å². The molecule has 0 aliphatic carbocycles. The average Bonchev–Trinajstić information content (AvgIpc) is 2.80. The molecule has 2 saturated heterocycles. The van der Waals surface area contributed by atoms with E-state index in [1.54, 1.807) is 13.8 Å². The lowest BCUT2D eigenvalue weighted by Gasteiger charge is -2.39. The number of azide groups is 1. The molecule has 1 aromatic rings. The van der Waals surface area contributed by atoms with E-state index in [0.717, 1.165) is 4.57 Å². The number of alkyl halides is 1. The maximum atomic E-state index is 15.1. The molecule has 0 amide bonds. The molecular weight excluding hydrogens is 390 g/mol. The summed E-state index contributed by atoms with van der Waals surface area (Å²) in [7, 11) is 0. The van der Waals surface area contributed by atoms with Gasteiger partial charge in [-0.05, 0) is 37.3 Å². The van der Waals surface area contributed by atoms with Crippen molar-refractivity contribution in [2.24, 2.45) is 5.11 Å². The van der Waals surface area contributed by atoms with Crippen molar-refractivity contribution in [1.29, 1.82) is 0 Å².